The lowest BCUT2D eigenvalue weighted by Gasteiger charge is -2.32. The van der Waals surface area contributed by atoms with Crippen LogP contribution in [0.15, 0.2) is 24.3 Å². The zero-order valence-corrected chi connectivity index (χ0v) is 13.8. The largest absolute Gasteiger partial charge is 0.343 e. The zero-order chi connectivity index (χ0) is 15.2. The van der Waals surface area contributed by atoms with Crippen LogP contribution in [0.2, 0.25) is 5.02 Å². The van der Waals surface area contributed by atoms with Crippen LogP contribution in [-0.4, -0.2) is 37.0 Å². The molecule has 4 heteroatoms. The first-order valence-electron chi connectivity index (χ1n) is 8.00. The van der Waals surface area contributed by atoms with Crippen LogP contribution in [0.1, 0.15) is 32.3 Å². The number of nitrogens with zero attached hydrogens (tertiary/aromatic N) is 1. The zero-order valence-electron chi connectivity index (χ0n) is 13.1. The van der Waals surface area contributed by atoms with Crippen LogP contribution in [0.3, 0.4) is 0 Å². The van der Waals surface area contributed by atoms with Gasteiger partial charge in [-0.15, -0.1) is 0 Å². The minimum Gasteiger partial charge on any atom is -0.343 e. The molecule has 0 saturated carbocycles. The maximum Gasteiger partial charge on any atom is 0.231 e. The quantitative estimate of drug-likeness (QED) is 0.884. The fraction of sp³-hybridized carbons (Fsp3) is 0.588. The van der Waals surface area contributed by atoms with E-state index in [0.29, 0.717) is 5.91 Å². The van der Waals surface area contributed by atoms with Crippen molar-refractivity contribution in [2.24, 2.45) is 5.92 Å². The number of hydrogen-bond donors (Lipinski definition) is 1. The number of nitrogens with one attached hydrogen (secondary N) is 1. The highest BCUT2D eigenvalue weighted by Crippen LogP contribution is 2.13. The van der Waals surface area contributed by atoms with E-state index < -0.39 is 0 Å². The van der Waals surface area contributed by atoms with E-state index in [2.05, 4.69) is 26.0 Å². The van der Waals surface area contributed by atoms with Crippen molar-refractivity contribution in [2.75, 3.05) is 26.2 Å². The molecule has 116 valence electrons. The van der Waals surface area contributed by atoms with Gasteiger partial charge in [0.1, 0.15) is 6.54 Å². The van der Waals surface area contributed by atoms with Crippen LogP contribution in [0.4, 0.5) is 0 Å². The van der Waals surface area contributed by atoms with Gasteiger partial charge in [0.15, 0.2) is 0 Å². The average Bonchev–Trinajstić information content (AvgIpc) is 2.51. The molecule has 1 amide bonds. The molecule has 3 nitrogen and oxygen atoms in total. The van der Waals surface area contributed by atoms with E-state index in [1.165, 1.54) is 10.5 Å². The molecule has 21 heavy (non-hydrogen) atoms. The highest BCUT2D eigenvalue weighted by Gasteiger charge is 2.30. The van der Waals surface area contributed by atoms with Gasteiger partial charge in [-0.1, -0.05) is 23.7 Å². The van der Waals surface area contributed by atoms with E-state index in [1.54, 1.807) is 0 Å². The van der Waals surface area contributed by atoms with E-state index in [-0.39, 0.29) is 5.92 Å². The van der Waals surface area contributed by atoms with Crippen molar-refractivity contribution in [1.29, 1.82) is 0 Å². The van der Waals surface area contributed by atoms with E-state index in [9.17, 15) is 4.79 Å². The lowest BCUT2D eigenvalue weighted by molar-refractivity contribution is -0.921. The first-order valence-corrected chi connectivity index (χ1v) is 8.38. The Bertz CT molecular complexity index is 456. The van der Waals surface area contributed by atoms with Crippen LogP contribution in [0.5, 0.6) is 0 Å². The van der Waals surface area contributed by atoms with Gasteiger partial charge < -0.3 is 9.80 Å². The molecule has 1 heterocycles. The molecule has 0 radical (unpaired) electrons. The lowest BCUT2D eigenvalue weighted by Crippen LogP contribution is -3.12. The topological polar surface area (TPSA) is 24.8 Å². The van der Waals surface area contributed by atoms with E-state index in [0.717, 1.165) is 50.6 Å². The standard InChI is InChI=1S/C17H25ClN2O/c1-3-20(4-2)17(21)15-6-5-11-19(13-15)12-14-7-9-16(18)10-8-14/h7-10,15H,3-6,11-13H2,1-2H3/p+1/t15-/m0/s1. The summed E-state index contributed by atoms with van der Waals surface area (Å²) < 4.78 is 0. The van der Waals surface area contributed by atoms with Crippen molar-refractivity contribution in [2.45, 2.75) is 33.2 Å². The third-order valence-electron chi connectivity index (χ3n) is 4.41. The summed E-state index contributed by atoms with van der Waals surface area (Å²) in [7, 11) is 0. The Morgan fingerprint density at radius 2 is 1.95 bits per heavy atom. The van der Waals surface area contributed by atoms with Crippen molar-refractivity contribution < 1.29 is 9.69 Å². The molecule has 0 bridgehead atoms. The van der Waals surface area contributed by atoms with Crippen molar-refractivity contribution >= 4 is 17.5 Å². The number of rotatable bonds is 5. The summed E-state index contributed by atoms with van der Waals surface area (Å²) in [6.07, 6.45) is 2.18. The monoisotopic (exact) mass is 309 g/mol. The molecular formula is C17H26ClN2O+. The first-order chi connectivity index (χ1) is 10.1. The van der Waals surface area contributed by atoms with Crippen LogP contribution < -0.4 is 4.90 Å². The Kier molecular flexibility index (Phi) is 6.07. The number of carbonyl (C=O) groups is 1. The molecule has 0 aliphatic carbocycles. The van der Waals surface area contributed by atoms with Gasteiger partial charge in [0.05, 0.1) is 19.0 Å². The predicted octanol–water partition coefficient (Wildman–Crippen LogP) is 2.00. The first kappa shape index (κ1) is 16.3. The molecule has 1 aromatic carbocycles. The molecule has 1 fully saturated rings. The number of piperidine rings is 1. The minimum absolute atomic E-state index is 0.195. The summed E-state index contributed by atoms with van der Waals surface area (Å²) in [5, 5.41) is 0.780. The van der Waals surface area contributed by atoms with E-state index in [1.807, 2.05) is 17.0 Å². The Morgan fingerprint density at radius 1 is 1.29 bits per heavy atom. The number of hydrogen-bond acceptors (Lipinski definition) is 1. The molecule has 1 aliphatic heterocycles. The van der Waals surface area contributed by atoms with Crippen molar-refractivity contribution in [3.05, 3.63) is 34.9 Å². The molecule has 2 rings (SSSR count). The number of likely N-dealkylation sites (tertiary alicyclic amines) is 1. The Hall–Kier alpha value is -1.06. The molecule has 2 atom stereocenters. The third-order valence-corrected chi connectivity index (χ3v) is 4.66. The minimum atomic E-state index is 0.195. The van der Waals surface area contributed by atoms with Crippen LogP contribution in [0, 0.1) is 5.92 Å². The number of carbonyl (C=O) groups excluding carboxylic acids is 1. The summed E-state index contributed by atoms with van der Waals surface area (Å²) in [6.45, 7) is 8.85. The van der Waals surface area contributed by atoms with E-state index in [4.69, 9.17) is 11.6 Å². The fourth-order valence-corrected chi connectivity index (χ4v) is 3.33. The summed E-state index contributed by atoms with van der Waals surface area (Å²) in [5.41, 5.74) is 1.30. The fourth-order valence-electron chi connectivity index (χ4n) is 3.21. The Morgan fingerprint density at radius 3 is 2.57 bits per heavy atom. The lowest BCUT2D eigenvalue weighted by atomic mass is 9.96. The Balaban J connectivity index is 1.94. The molecule has 0 spiro atoms. The summed E-state index contributed by atoms with van der Waals surface area (Å²) in [4.78, 5) is 16.0. The number of halogens is 1. The van der Waals surface area contributed by atoms with E-state index >= 15 is 0 Å². The summed E-state index contributed by atoms with van der Waals surface area (Å²) in [6, 6.07) is 8.06. The molecule has 1 N–H and O–H groups in total. The molecular weight excluding hydrogens is 284 g/mol. The van der Waals surface area contributed by atoms with Crippen molar-refractivity contribution in [3.8, 4) is 0 Å². The second-order valence-corrected chi connectivity index (χ2v) is 6.29. The third kappa shape index (κ3) is 4.45. The van der Waals surface area contributed by atoms with Crippen molar-refractivity contribution in [3.63, 3.8) is 0 Å². The predicted molar refractivity (Wildman–Crippen MR) is 86.5 cm³/mol. The summed E-state index contributed by atoms with van der Waals surface area (Å²) in [5.74, 6) is 0.536. The maximum atomic E-state index is 12.5. The molecule has 0 aromatic heterocycles. The van der Waals surface area contributed by atoms with Crippen LogP contribution >= 0.6 is 11.6 Å². The second-order valence-electron chi connectivity index (χ2n) is 5.86. The van der Waals surface area contributed by atoms with Crippen LogP contribution in [-0.2, 0) is 11.3 Å². The highest BCUT2D eigenvalue weighted by molar-refractivity contribution is 6.30. The number of amides is 1. The number of benzene rings is 1. The molecule has 1 aliphatic rings. The molecule has 1 aromatic rings. The SMILES string of the molecule is CCN(CC)C(=O)[C@H]1CCC[NH+](Cc2ccc(Cl)cc2)C1. The Labute approximate surface area is 132 Å². The van der Waals surface area contributed by atoms with Gasteiger partial charge in [-0.25, -0.2) is 0 Å². The van der Waals surface area contributed by atoms with Gasteiger partial charge in [0.25, 0.3) is 0 Å². The van der Waals surface area contributed by atoms with Gasteiger partial charge >= 0.3 is 0 Å². The summed E-state index contributed by atoms with van der Waals surface area (Å²) >= 11 is 5.93. The van der Waals surface area contributed by atoms with Gasteiger partial charge in [-0.2, -0.15) is 0 Å². The van der Waals surface area contributed by atoms with Gasteiger partial charge in [-0.3, -0.25) is 4.79 Å². The average molecular weight is 310 g/mol. The normalized spacial score (nSPS) is 22.0. The smallest absolute Gasteiger partial charge is 0.231 e. The van der Waals surface area contributed by atoms with Gasteiger partial charge in [0, 0.05) is 23.7 Å². The van der Waals surface area contributed by atoms with Crippen molar-refractivity contribution in [1.82, 2.24) is 4.90 Å². The van der Waals surface area contributed by atoms with Gasteiger partial charge in [0.2, 0.25) is 5.91 Å². The number of quaternary nitrogens is 1. The van der Waals surface area contributed by atoms with Gasteiger partial charge in [-0.05, 0) is 38.8 Å². The van der Waals surface area contributed by atoms with Crippen LogP contribution in [0.25, 0.3) is 0 Å². The maximum absolute atomic E-state index is 12.5. The molecule has 1 saturated heterocycles. The highest BCUT2D eigenvalue weighted by atomic mass is 35.5. The second kappa shape index (κ2) is 7.81. The molecule has 1 unspecified atom stereocenters.